The zero-order chi connectivity index (χ0) is 24.1. The molecule has 0 aliphatic heterocycles. The van der Waals surface area contributed by atoms with E-state index in [9.17, 15) is 20.6 Å². The smallest absolute Gasteiger partial charge is 0.125 e. The standard InChI is InChI=1S/C25H34N2O6/c1-3-32-18-12-14-24(28)20(16-18)22(26-30)10-8-6-5-7-9-11-23(27-31)21-17-19(33-4-2)13-15-25(21)29/h12-17,28-31H,3-11H2,1-2H3. The van der Waals surface area contributed by atoms with Crippen LogP contribution in [0.2, 0.25) is 0 Å². The summed E-state index contributed by atoms with van der Waals surface area (Å²) in [6, 6.07) is 9.78. The molecule has 0 aliphatic carbocycles. The largest absolute Gasteiger partial charge is 0.507 e. The molecule has 0 heterocycles. The van der Waals surface area contributed by atoms with E-state index in [1.165, 1.54) is 12.1 Å². The number of hydrogen-bond acceptors (Lipinski definition) is 8. The second-order valence-corrected chi connectivity index (χ2v) is 7.59. The number of phenolic OH excluding ortho intramolecular Hbond substituents is 2. The second kappa shape index (κ2) is 13.9. The van der Waals surface area contributed by atoms with E-state index >= 15 is 0 Å². The molecule has 0 aliphatic rings. The Labute approximate surface area is 194 Å². The number of aromatic hydroxyl groups is 2. The minimum Gasteiger partial charge on any atom is -0.507 e. The van der Waals surface area contributed by atoms with E-state index in [0.717, 1.165) is 32.1 Å². The first-order valence-electron chi connectivity index (χ1n) is 11.4. The lowest BCUT2D eigenvalue weighted by Gasteiger charge is -2.11. The Hall–Kier alpha value is -3.42. The number of hydrogen-bond donors (Lipinski definition) is 4. The predicted molar refractivity (Wildman–Crippen MR) is 128 cm³/mol. The first-order valence-corrected chi connectivity index (χ1v) is 11.4. The first-order chi connectivity index (χ1) is 16.0. The molecule has 8 nitrogen and oxygen atoms in total. The van der Waals surface area contributed by atoms with Crippen LogP contribution in [0.5, 0.6) is 23.0 Å². The molecule has 0 saturated carbocycles. The van der Waals surface area contributed by atoms with E-state index in [1.807, 2.05) is 13.8 Å². The van der Waals surface area contributed by atoms with E-state index < -0.39 is 0 Å². The van der Waals surface area contributed by atoms with Crippen molar-refractivity contribution < 1.29 is 30.1 Å². The van der Waals surface area contributed by atoms with Crippen LogP contribution in [0.1, 0.15) is 69.9 Å². The van der Waals surface area contributed by atoms with E-state index in [1.54, 1.807) is 24.3 Å². The molecular formula is C25H34N2O6. The fourth-order valence-corrected chi connectivity index (χ4v) is 3.60. The van der Waals surface area contributed by atoms with Crippen LogP contribution in [0.25, 0.3) is 0 Å². The topological polar surface area (TPSA) is 124 Å². The summed E-state index contributed by atoms with van der Waals surface area (Å²) in [6.45, 7) is 4.78. The maximum atomic E-state index is 10.1. The molecule has 180 valence electrons. The zero-order valence-electron chi connectivity index (χ0n) is 19.3. The van der Waals surface area contributed by atoms with Gasteiger partial charge < -0.3 is 30.1 Å². The minimum atomic E-state index is 0.0544. The van der Waals surface area contributed by atoms with Gasteiger partial charge in [-0.3, -0.25) is 0 Å². The number of oxime groups is 2. The number of phenols is 2. The highest BCUT2D eigenvalue weighted by molar-refractivity contribution is 6.03. The van der Waals surface area contributed by atoms with Gasteiger partial charge in [0.15, 0.2) is 0 Å². The molecule has 0 saturated heterocycles. The van der Waals surface area contributed by atoms with Gasteiger partial charge in [-0.15, -0.1) is 0 Å². The van der Waals surface area contributed by atoms with Crippen LogP contribution in [0.4, 0.5) is 0 Å². The highest BCUT2D eigenvalue weighted by Crippen LogP contribution is 2.27. The minimum absolute atomic E-state index is 0.0544. The molecular weight excluding hydrogens is 424 g/mol. The third-order valence-electron chi connectivity index (χ3n) is 5.25. The molecule has 0 fully saturated rings. The van der Waals surface area contributed by atoms with Crippen molar-refractivity contribution in [3.05, 3.63) is 47.5 Å². The van der Waals surface area contributed by atoms with Crippen LogP contribution in [-0.4, -0.2) is 45.3 Å². The number of unbranched alkanes of at least 4 members (excludes halogenated alkanes) is 4. The zero-order valence-corrected chi connectivity index (χ0v) is 19.3. The molecule has 2 rings (SSSR count). The molecule has 0 amide bonds. The predicted octanol–water partition coefficient (Wildman–Crippen LogP) is 5.68. The molecule has 0 bridgehead atoms. The molecule has 8 heteroatoms. The van der Waals surface area contributed by atoms with Gasteiger partial charge in [0.25, 0.3) is 0 Å². The van der Waals surface area contributed by atoms with Gasteiger partial charge >= 0.3 is 0 Å². The SMILES string of the molecule is CCOc1ccc(O)c(C(CCCCCCCC(=NO)c2cc(OCC)ccc2O)=NO)c1. The van der Waals surface area contributed by atoms with Crippen LogP contribution in [0.15, 0.2) is 46.7 Å². The molecule has 0 unspecified atom stereocenters. The summed E-state index contributed by atoms with van der Waals surface area (Å²) in [6.07, 6.45) is 5.45. The van der Waals surface area contributed by atoms with Crippen LogP contribution >= 0.6 is 0 Å². The highest BCUT2D eigenvalue weighted by atomic mass is 16.5. The van der Waals surface area contributed by atoms with E-state index in [4.69, 9.17) is 9.47 Å². The summed E-state index contributed by atoms with van der Waals surface area (Å²) in [4.78, 5) is 0. The van der Waals surface area contributed by atoms with Crippen LogP contribution in [-0.2, 0) is 0 Å². The number of rotatable bonds is 14. The Morgan fingerprint density at radius 1 is 0.667 bits per heavy atom. The van der Waals surface area contributed by atoms with Crippen LogP contribution in [0, 0.1) is 0 Å². The first kappa shape index (κ1) is 25.8. The van der Waals surface area contributed by atoms with Crippen molar-refractivity contribution in [1.82, 2.24) is 0 Å². The molecule has 4 N–H and O–H groups in total. The summed E-state index contributed by atoms with van der Waals surface area (Å²) in [5.41, 5.74) is 1.80. The van der Waals surface area contributed by atoms with Gasteiger partial charge in [-0.25, -0.2) is 0 Å². The van der Waals surface area contributed by atoms with Gasteiger partial charge in [-0.2, -0.15) is 0 Å². The van der Waals surface area contributed by atoms with Crippen LogP contribution in [0.3, 0.4) is 0 Å². The van der Waals surface area contributed by atoms with Gasteiger partial charge in [0.1, 0.15) is 23.0 Å². The quantitative estimate of drug-likeness (QED) is 0.125. The van der Waals surface area contributed by atoms with Crippen molar-refractivity contribution in [1.29, 1.82) is 0 Å². The molecule has 0 radical (unpaired) electrons. The van der Waals surface area contributed by atoms with E-state index in [2.05, 4.69) is 10.3 Å². The van der Waals surface area contributed by atoms with Crippen molar-refractivity contribution in [2.75, 3.05) is 13.2 Å². The van der Waals surface area contributed by atoms with Gasteiger partial charge in [0.05, 0.1) is 24.6 Å². The Bertz CT molecular complexity index is 867. The summed E-state index contributed by atoms with van der Waals surface area (Å²) in [5.74, 6) is 1.34. The summed E-state index contributed by atoms with van der Waals surface area (Å²) in [5, 5.41) is 45.8. The Morgan fingerprint density at radius 3 is 1.42 bits per heavy atom. The van der Waals surface area contributed by atoms with Crippen LogP contribution < -0.4 is 9.47 Å². The highest BCUT2D eigenvalue weighted by Gasteiger charge is 2.13. The molecule has 2 aromatic rings. The average molecular weight is 459 g/mol. The Kier molecular flexibility index (Phi) is 10.9. The van der Waals surface area contributed by atoms with E-state index in [0.29, 0.717) is 60.1 Å². The van der Waals surface area contributed by atoms with Crippen molar-refractivity contribution in [3.63, 3.8) is 0 Å². The molecule has 0 spiro atoms. The summed E-state index contributed by atoms with van der Waals surface area (Å²) in [7, 11) is 0. The Morgan fingerprint density at radius 2 is 1.06 bits per heavy atom. The van der Waals surface area contributed by atoms with Gasteiger partial charge in [-0.05, 0) is 75.9 Å². The maximum absolute atomic E-state index is 10.1. The number of benzene rings is 2. The third kappa shape index (κ3) is 7.89. The van der Waals surface area contributed by atoms with Crippen molar-refractivity contribution in [3.8, 4) is 23.0 Å². The lowest BCUT2D eigenvalue weighted by molar-refractivity contribution is 0.317. The summed E-state index contributed by atoms with van der Waals surface area (Å²) >= 11 is 0. The van der Waals surface area contributed by atoms with Gasteiger partial charge in [0.2, 0.25) is 0 Å². The average Bonchev–Trinajstić information content (AvgIpc) is 2.82. The fraction of sp³-hybridized carbons (Fsp3) is 0.440. The molecule has 0 aromatic heterocycles. The fourth-order valence-electron chi connectivity index (χ4n) is 3.60. The second-order valence-electron chi connectivity index (χ2n) is 7.59. The van der Waals surface area contributed by atoms with Crippen molar-refractivity contribution in [2.24, 2.45) is 10.3 Å². The van der Waals surface area contributed by atoms with E-state index in [-0.39, 0.29) is 11.5 Å². The Balaban J connectivity index is 1.78. The van der Waals surface area contributed by atoms with Crippen molar-refractivity contribution in [2.45, 2.75) is 58.8 Å². The summed E-state index contributed by atoms with van der Waals surface area (Å²) < 4.78 is 10.9. The van der Waals surface area contributed by atoms with Gasteiger partial charge in [-0.1, -0.05) is 29.6 Å². The molecule has 0 atom stereocenters. The number of ether oxygens (including phenoxy) is 2. The molecule has 2 aromatic carbocycles. The van der Waals surface area contributed by atoms with Gasteiger partial charge in [0, 0.05) is 11.1 Å². The van der Waals surface area contributed by atoms with Crippen molar-refractivity contribution >= 4 is 11.4 Å². The number of nitrogens with zero attached hydrogens (tertiary/aromatic N) is 2. The third-order valence-corrected chi connectivity index (χ3v) is 5.25. The normalized spacial score (nSPS) is 12.1. The lowest BCUT2D eigenvalue weighted by Crippen LogP contribution is -2.04. The molecule has 33 heavy (non-hydrogen) atoms. The maximum Gasteiger partial charge on any atom is 0.125 e. The monoisotopic (exact) mass is 458 g/mol. The lowest BCUT2D eigenvalue weighted by atomic mass is 10.00.